The highest BCUT2D eigenvalue weighted by molar-refractivity contribution is 6.32. The summed E-state index contributed by atoms with van der Waals surface area (Å²) in [6.07, 6.45) is 0. The second-order valence-electron chi connectivity index (χ2n) is 6.20. The molecule has 0 bridgehead atoms. The first-order valence-electron chi connectivity index (χ1n) is 8.04. The third-order valence-corrected chi connectivity index (χ3v) is 4.79. The number of halogens is 2. The molecule has 27 heavy (non-hydrogen) atoms. The number of hydrogen-bond donors (Lipinski definition) is 1. The first-order chi connectivity index (χ1) is 12.8. The van der Waals surface area contributed by atoms with Crippen LogP contribution in [0.25, 0.3) is 0 Å². The van der Waals surface area contributed by atoms with Crippen LogP contribution < -0.4 is 10.1 Å². The Morgan fingerprint density at radius 1 is 1.26 bits per heavy atom. The van der Waals surface area contributed by atoms with Crippen LogP contribution in [0.15, 0.2) is 42.5 Å². The zero-order chi connectivity index (χ0) is 19.8. The monoisotopic (exact) mass is 390 g/mol. The Labute approximate surface area is 159 Å². The molecule has 0 aliphatic carbocycles. The van der Waals surface area contributed by atoms with E-state index in [1.165, 1.54) is 26.2 Å². The lowest BCUT2D eigenvalue weighted by Gasteiger charge is -2.23. The van der Waals surface area contributed by atoms with Gasteiger partial charge >= 0.3 is 6.03 Å². The van der Waals surface area contributed by atoms with Crippen molar-refractivity contribution in [2.24, 2.45) is 0 Å². The van der Waals surface area contributed by atoms with Gasteiger partial charge in [0, 0.05) is 16.1 Å². The number of Topliss-reactive ketones (excluding diaryl/α,β-unsaturated/α-hetero) is 1. The van der Waals surface area contributed by atoms with E-state index in [0.29, 0.717) is 10.6 Å². The lowest BCUT2D eigenvalue weighted by molar-refractivity contribution is -0.130. The van der Waals surface area contributed by atoms with Crippen molar-refractivity contribution >= 4 is 29.3 Å². The molecular weight excluding hydrogens is 375 g/mol. The van der Waals surface area contributed by atoms with Crippen LogP contribution in [0.5, 0.6) is 5.75 Å². The van der Waals surface area contributed by atoms with Gasteiger partial charge in [-0.2, -0.15) is 0 Å². The number of nitrogens with one attached hydrogen (secondary N) is 1. The molecule has 1 saturated heterocycles. The summed E-state index contributed by atoms with van der Waals surface area (Å²) in [5.41, 5.74) is -0.934. The number of urea groups is 1. The summed E-state index contributed by atoms with van der Waals surface area (Å²) < 4.78 is 18.6. The molecule has 1 fully saturated rings. The fourth-order valence-corrected chi connectivity index (χ4v) is 3.29. The highest BCUT2D eigenvalue weighted by Gasteiger charge is 2.50. The van der Waals surface area contributed by atoms with E-state index in [9.17, 15) is 18.8 Å². The van der Waals surface area contributed by atoms with Crippen molar-refractivity contribution in [2.75, 3.05) is 13.7 Å². The van der Waals surface area contributed by atoms with Crippen molar-refractivity contribution < 1.29 is 23.5 Å². The minimum absolute atomic E-state index is 0.00663. The van der Waals surface area contributed by atoms with Gasteiger partial charge in [0.2, 0.25) is 0 Å². The number of ether oxygens (including phenoxy) is 1. The molecule has 0 radical (unpaired) electrons. The second kappa shape index (κ2) is 7.00. The summed E-state index contributed by atoms with van der Waals surface area (Å²) in [4.78, 5) is 38.4. The van der Waals surface area contributed by atoms with E-state index in [1.54, 1.807) is 24.3 Å². The van der Waals surface area contributed by atoms with E-state index >= 15 is 0 Å². The third-order valence-electron chi connectivity index (χ3n) is 4.46. The number of ketones is 1. The Balaban J connectivity index is 1.85. The van der Waals surface area contributed by atoms with Gasteiger partial charge in [-0.25, -0.2) is 9.18 Å². The lowest BCUT2D eigenvalue weighted by atomic mass is 9.92. The fraction of sp³-hybridized carbons (Fsp3) is 0.211. The fourth-order valence-electron chi connectivity index (χ4n) is 2.96. The van der Waals surface area contributed by atoms with Gasteiger partial charge in [0.25, 0.3) is 5.91 Å². The SMILES string of the molecule is COc1ccc(C(=O)CN2C(=O)N[C@](C)(c3ccccc3Cl)C2=O)cc1F. The normalized spacial score (nSPS) is 19.2. The number of imide groups is 1. The van der Waals surface area contributed by atoms with Crippen LogP contribution in [0.3, 0.4) is 0 Å². The first kappa shape index (κ1) is 18.8. The second-order valence-corrected chi connectivity index (χ2v) is 6.61. The largest absolute Gasteiger partial charge is 0.494 e. The van der Waals surface area contributed by atoms with Crippen molar-refractivity contribution in [1.29, 1.82) is 0 Å². The van der Waals surface area contributed by atoms with Gasteiger partial charge in [-0.1, -0.05) is 29.8 Å². The topological polar surface area (TPSA) is 75.7 Å². The molecular formula is C19H16ClFN2O4. The number of carbonyl (C=O) groups excluding carboxylic acids is 3. The highest BCUT2D eigenvalue weighted by atomic mass is 35.5. The summed E-state index contributed by atoms with van der Waals surface area (Å²) >= 11 is 6.16. The zero-order valence-corrected chi connectivity index (χ0v) is 15.3. The standard InChI is InChI=1S/C19H16ClFN2O4/c1-19(12-5-3-4-6-13(12)20)17(25)23(18(26)22-19)10-15(24)11-7-8-16(27-2)14(21)9-11/h3-9H,10H2,1-2H3,(H,22,26)/t19-/m1/s1. The Bertz CT molecular complexity index is 949. The molecule has 1 N–H and O–H groups in total. The van der Waals surface area contributed by atoms with E-state index in [0.717, 1.165) is 11.0 Å². The number of carbonyl (C=O) groups is 3. The van der Waals surface area contributed by atoms with Gasteiger partial charge < -0.3 is 10.1 Å². The van der Waals surface area contributed by atoms with E-state index in [1.807, 2.05) is 0 Å². The van der Waals surface area contributed by atoms with Crippen molar-refractivity contribution in [3.63, 3.8) is 0 Å². The van der Waals surface area contributed by atoms with Crippen LogP contribution in [0.1, 0.15) is 22.8 Å². The van der Waals surface area contributed by atoms with Gasteiger partial charge in [0.1, 0.15) is 5.54 Å². The molecule has 8 heteroatoms. The van der Waals surface area contributed by atoms with Gasteiger partial charge in [-0.05, 0) is 31.2 Å². The molecule has 6 nitrogen and oxygen atoms in total. The predicted molar refractivity (Wildman–Crippen MR) is 96.3 cm³/mol. The highest BCUT2D eigenvalue weighted by Crippen LogP contribution is 2.33. The third kappa shape index (κ3) is 3.26. The number of amides is 3. The smallest absolute Gasteiger partial charge is 0.325 e. The molecule has 3 amide bonds. The van der Waals surface area contributed by atoms with Crippen LogP contribution in [0.4, 0.5) is 9.18 Å². The Morgan fingerprint density at radius 2 is 1.96 bits per heavy atom. The maximum atomic E-state index is 13.8. The average molecular weight is 391 g/mol. The predicted octanol–water partition coefficient (Wildman–Crippen LogP) is 3.14. The number of methoxy groups -OCH3 is 1. The molecule has 1 aliphatic heterocycles. The molecule has 2 aromatic rings. The Kier molecular flexibility index (Phi) is 4.89. The quantitative estimate of drug-likeness (QED) is 0.628. The summed E-state index contributed by atoms with van der Waals surface area (Å²) in [6.45, 7) is 1.00. The molecule has 1 heterocycles. The lowest BCUT2D eigenvalue weighted by Crippen LogP contribution is -2.41. The van der Waals surface area contributed by atoms with Crippen LogP contribution >= 0.6 is 11.6 Å². The summed E-state index contributed by atoms with van der Waals surface area (Å²) in [5.74, 6) is -1.90. The van der Waals surface area contributed by atoms with Crippen molar-refractivity contribution in [1.82, 2.24) is 10.2 Å². The van der Waals surface area contributed by atoms with E-state index < -0.39 is 35.6 Å². The maximum absolute atomic E-state index is 13.8. The van der Waals surface area contributed by atoms with E-state index in [4.69, 9.17) is 16.3 Å². The molecule has 0 spiro atoms. The van der Waals surface area contributed by atoms with Crippen molar-refractivity contribution in [3.8, 4) is 5.75 Å². The van der Waals surface area contributed by atoms with Gasteiger partial charge in [-0.15, -0.1) is 0 Å². The van der Waals surface area contributed by atoms with Crippen LogP contribution in [-0.2, 0) is 10.3 Å². The minimum Gasteiger partial charge on any atom is -0.494 e. The number of hydrogen-bond acceptors (Lipinski definition) is 4. The molecule has 0 saturated carbocycles. The van der Waals surface area contributed by atoms with E-state index in [2.05, 4.69) is 5.32 Å². The Morgan fingerprint density at radius 3 is 2.59 bits per heavy atom. The van der Waals surface area contributed by atoms with Gasteiger partial charge in [0.05, 0.1) is 13.7 Å². The molecule has 3 rings (SSSR count). The molecule has 0 unspecified atom stereocenters. The average Bonchev–Trinajstić information content (AvgIpc) is 2.85. The van der Waals surface area contributed by atoms with Gasteiger partial charge in [0.15, 0.2) is 17.3 Å². The number of rotatable bonds is 5. The number of benzene rings is 2. The molecule has 1 atom stereocenters. The Hall–Kier alpha value is -2.93. The maximum Gasteiger partial charge on any atom is 0.325 e. The van der Waals surface area contributed by atoms with E-state index in [-0.39, 0.29) is 11.3 Å². The van der Waals surface area contributed by atoms with Crippen LogP contribution in [0.2, 0.25) is 5.02 Å². The number of nitrogens with zero attached hydrogens (tertiary/aromatic N) is 1. The summed E-state index contributed by atoms with van der Waals surface area (Å²) in [6, 6.07) is 9.60. The van der Waals surface area contributed by atoms with Crippen molar-refractivity contribution in [3.05, 3.63) is 64.4 Å². The van der Waals surface area contributed by atoms with Crippen molar-refractivity contribution in [2.45, 2.75) is 12.5 Å². The van der Waals surface area contributed by atoms with Gasteiger partial charge in [-0.3, -0.25) is 14.5 Å². The molecule has 1 aliphatic rings. The molecule has 2 aromatic carbocycles. The zero-order valence-electron chi connectivity index (χ0n) is 14.6. The molecule has 0 aromatic heterocycles. The van der Waals surface area contributed by atoms with Crippen LogP contribution in [0, 0.1) is 5.82 Å². The summed E-state index contributed by atoms with van der Waals surface area (Å²) in [7, 11) is 1.31. The summed E-state index contributed by atoms with van der Waals surface area (Å²) in [5, 5.41) is 2.90. The van der Waals surface area contributed by atoms with Crippen LogP contribution in [-0.4, -0.2) is 36.3 Å². The first-order valence-corrected chi connectivity index (χ1v) is 8.41. The minimum atomic E-state index is -1.39. The molecule has 140 valence electrons.